The number of carboxylic acid groups (broad SMARTS) is 1. The predicted octanol–water partition coefficient (Wildman–Crippen LogP) is 0.990. The molecule has 0 saturated heterocycles. The fourth-order valence-corrected chi connectivity index (χ4v) is 2.50. The molecule has 0 aliphatic rings. The van der Waals surface area contributed by atoms with E-state index in [1.54, 1.807) is 12.1 Å². The molecule has 1 rings (SSSR count). The van der Waals surface area contributed by atoms with Gasteiger partial charge in [0.25, 0.3) is 5.91 Å². The second-order valence-corrected chi connectivity index (χ2v) is 5.84. The summed E-state index contributed by atoms with van der Waals surface area (Å²) in [6.07, 6.45) is 0.588. The number of aliphatic imine (C=N–C) groups is 1. The van der Waals surface area contributed by atoms with Crippen LogP contribution in [-0.4, -0.2) is 28.9 Å². The summed E-state index contributed by atoms with van der Waals surface area (Å²) >= 11 is 0. The van der Waals surface area contributed by atoms with Crippen LogP contribution in [0.15, 0.2) is 29.3 Å². The van der Waals surface area contributed by atoms with Crippen molar-refractivity contribution in [1.82, 2.24) is 5.48 Å². The Morgan fingerprint density at radius 1 is 1.15 bits per heavy atom. The number of aliphatic carboxylic acids is 1. The first-order chi connectivity index (χ1) is 12.2. The van der Waals surface area contributed by atoms with Crippen molar-refractivity contribution < 1.29 is 24.3 Å². The Labute approximate surface area is 151 Å². The number of hydrogen-bond acceptors (Lipinski definition) is 5. The number of carbonyl (C=O) groups is 3. The summed E-state index contributed by atoms with van der Waals surface area (Å²) in [5.74, 6) is -2.89. The first-order valence-corrected chi connectivity index (χ1v) is 8.13. The molecular formula is C17H24N4O5. The fourth-order valence-electron chi connectivity index (χ4n) is 2.50. The molecule has 1 aromatic rings. The highest BCUT2D eigenvalue weighted by molar-refractivity contribution is 5.91. The molecule has 0 radical (unpaired) electrons. The molecule has 0 atom stereocenters. The van der Waals surface area contributed by atoms with Crippen LogP contribution in [0.2, 0.25) is 0 Å². The van der Waals surface area contributed by atoms with Gasteiger partial charge in [-0.1, -0.05) is 26.0 Å². The summed E-state index contributed by atoms with van der Waals surface area (Å²) in [6.45, 7) is 3.71. The van der Waals surface area contributed by atoms with Gasteiger partial charge in [0.2, 0.25) is 0 Å². The van der Waals surface area contributed by atoms with E-state index in [-0.39, 0.29) is 5.96 Å². The number of carboxylic acids is 1. The van der Waals surface area contributed by atoms with Crippen LogP contribution in [0.4, 0.5) is 5.69 Å². The minimum Gasteiger partial charge on any atom is -0.481 e. The molecule has 0 aliphatic carbocycles. The van der Waals surface area contributed by atoms with Crippen molar-refractivity contribution in [2.24, 2.45) is 21.9 Å². The lowest BCUT2D eigenvalue weighted by atomic mass is 9.76. The standard InChI is InChI=1S/C17H24N4O5/c1-3-17(4-2,15(25)21-26-14(24)9-13(22)23)10-11-5-7-12(8-6-11)20-16(18)19/h5-8H,3-4,9-10H2,1-2H3,(H,21,25)(H,22,23)(H4,18,19,20). The van der Waals surface area contributed by atoms with Crippen molar-refractivity contribution in [3.63, 3.8) is 0 Å². The fraction of sp³-hybridized carbons (Fsp3) is 0.412. The van der Waals surface area contributed by atoms with Crippen LogP contribution < -0.4 is 16.9 Å². The third kappa shape index (κ3) is 6.08. The Morgan fingerprint density at radius 3 is 2.19 bits per heavy atom. The molecular weight excluding hydrogens is 340 g/mol. The maximum absolute atomic E-state index is 12.5. The molecule has 0 fully saturated rings. The highest BCUT2D eigenvalue weighted by Crippen LogP contribution is 2.32. The molecule has 0 aliphatic heterocycles. The lowest BCUT2D eigenvalue weighted by Crippen LogP contribution is -2.43. The molecule has 1 amide bonds. The van der Waals surface area contributed by atoms with Gasteiger partial charge in [-0.15, -0.1) is 0 Å². The Hall–Kier alpha value is -3.10. The van der Waals surface area contributed by atoms with E-state index in [0.717, 1.165) is 5.56 Å². The number of rotatable bonds is 8. The first kappa shape index (κ1) is 20.9. The SMILES string of the molecule is CCC(CC)(Cc1ccc(N=C(N)N)cc1)C(=O)NOC(=O)CC(=O)O. The van der Waals surface area contributed by atoms with Crippen LogP contribution in [-0.2, 0) is 25.6 Å². The predicted molar refractivity (Wildman–Crippen MR) is 95.1 cm³/mol. The summed E-state index contributed by atoms with van der Waals surface area (Å²) in [5, 5.41) is 8.53. The minimum atomic E-state index is -1.33. The van der Waals surface area contributed by atoms with Crippen LogP contribution in [0, 0.1) is 5.41 Å². The smallest absolute Gasteiger partial charge is 0.343 e. The molecule has 26 heavy (non-hydrogen) atoms. The van der Waals surface area contributed by atoms with Crippen molar-refractivity contribution in [1.29, 1.82) is 0 Å². The summed E-state index contributed by atoms with van der Waals surface area (Å²) < 4.78 is 0. The molecule has 9 heteroatoms. The van der Waals surface area contributed by atoms with Gasteiger partial charge in [0, 0.05) is 0 Å². The first-order valence-electron chi connectivity index (χ1n) is 8.13. The molecule has 0 spiro atoms. The van der Waals surface area contributed by atoms with Crippen LogP contribution >= 0.6 is 0 Å². The quantitative estimate of drug-likeness (QED) is 0.232. The number of guanidine groups is 1. The third-order valence-corrected chi connectivity index (χ3v) is 4.13. The van der Waals surface area contributed by atoms with Gasteiger partial charge < -0.3 is 21.4 Å². The Morgan fingerprint density at radius 2 is 1.73 bits per heavy atom. The number of amides is 1. The minimum absolute atomic E-state index is 0.0447. The Kier molecular flexibility index (Phi) is 7.57. The van der Waals surface area contributed by atoms with Gasteiger partial charge in [-0.3, -0.25) is 9.59 Å². The molecule has 1 aromatic carbocycles. The Balaban J connectivity index is 2.84. The van der Waals surface area contributed by atoms with Crippen molar-refractivity contribution >= 4 is 29.5 Å². The van der Waals surface area contributed by atoms with Crippen LogP contribution in [0.3, 0.4) is 0 Å². The van der Waals surface area contributed by atoms with Gasteiger partial charge in [0.15, 0.2) is 5.96 Å². The molecule has 142 valence electrons. The second-order valence-electron chi connectivity index (χ2n) is 5.84. The summed E-state index contributed by atoms with van der Waals surface area (Å²) in [4.78, 5) is 42.8. The van der Waals surface area contributed by atoms with Gasteiger partial charge in [0.05, 0.1) is 11.1 Å². The molecule has 0 bridgehead atoms. The Bertz CT molecular complexity index is 677. The largest absolute Gasteiger partial charge is 0.481 e. The third-order valence-electron chi connectivity index (χ3n) is 4.13. The highest BCUT2D eigenvalue weighted by Gasteiger charge is 2.36. The molecule has 0 saturated carbocycles. The number of nitrogens with one attached hydrogen (secondary N) is 1. The van der Waals surface area contributed by atoms with E-state index in [0.29, 0.717) is 24.9 Å². The summed E-state index contributed by atoms with van der Waals surface area (Å²) in [5.41, 5.74) is 13.4. The number of carbonyl (C=O) groups excluding carboxylic acids is 2. The van der Waals surface area contributed by atoms with Gasteiger partial charge in [-0.25, -0.2) is 9.79 Å². The zero-order chi connectivity index (χ0) is 19.7. The van der Waals surface area contributed by atoms with Crippen LogP contribution in [0.1, 0.15) is 38.7 Å². The molecule has 9 nitrogen and oxygen atoms in total. The maximum atomic E-state index is 12.5. The van der Waals surface area contributed by atoms with E-state index in [9.17, 15) is 14.4 Å². The van der Waals surface area contributed by atoms with E-state index < -0.39 is 29.7 Å². The van der Waals surface area contributed by atoms with Crippen LogP contribution in [0.25, 0.3) is 0 Å². The van der Waals surface area contributed by atoms with Gasteiger partial charge in [0.1, 0.15) is 6.42 Å². The normalized spacial score (nSPS) is 10.7. The van der Waals surface area contributed by atoms with Crippen molar-refractivity contribution in [2.45, 2.75) is 39.5 Å². The lowest BCUT2D eigenvalue weighted by Gasteiger charge is -2.29. The second kappa shape index (κ2) is 9.40. The van der Waals surface area contributed by atoms with E-state index in [4.69, 9.17) is 16.6 Å². The number of nitrogens with zero attached hydrogens (tertiary/aromatic N) is 1. The molecule has 0 aromatic heterocycles. The zero-order valence-corrected chi connectivity index (χ0v) is 14.8. The van der Waals surface area contributed by atoms with Gasteiger partial charge >= 0.3 is 11.9 Å². The van der Waals surface area contributed by atoms with E-state index >= 15 is 0 Å². The molecule has 0 unspecified atom stereocenters. The van der Waals surface area contributed by atoms with E-state index in [2.05, 4.69) is 15.3 Å². The summed E-state index contributed by atoms with van der Waals surface area (Å²) in [6, 6.07) is 7.09. The van der Waals surface area contributed by atoms with Crippen molar-refractivity contribution in [3.05, 3.63) is 29.8 Å². The van der Waals surface area contributed by atoms with E-state index in [1.807, 2.05) is 26.0 Å². The zero-order valence-electron chi connectivity index (χ0n) is 14.8. The molecule has 0 heterocycles. The number of hydroxylamine groups is 1. The number of benzene rings is 1. The van der Waals surface area contributed by atoms with Gasteiger partial charge in [-0.05, 0) is 37.0 Å². The highest BCUT2D eigenvalue weighted by atomic mass is 16.7. The monoisotopic (exact) mass is 364 g/mol. The van der Waals surface area contributed by atoms with Crippen molar-refractivity contribution in [3.8, 4) is 0 Å². The van der Waals surface area contributed by atoms with E-state index in [1.165, 1.54) is 0 Å². The molecule has 6 N–H and O–H groups in total. The average molecular weight is 364 g/mol. The van der Waals surface area contributed by atoms with Crippen molar-refractivity contribution in [2.75, 3.05) is 0 Å². The maximum Gasteiger partial charge on any atom is 0.343 e. The number of nitrogens with two attached hydrogens (primary N) is 2. The summed E-state index contributed by atoms with van der Waals surface area (Å²) in [7, 11) is 0. The number of hydrogen-bond donors (Lipinski definition) is 4. The lowest BCUT2D eigenvalue weighted by molar-refractivity contribution is -0.165. The van der Waals surface area contributed by atoms with Gasteiger partial charge in [-0.2, -0.15) is 5.48 Å². The average Bonchev–Trinajstić information content (AvgIpc) is 2.58. The topological polar surface area (TPSA) is 157 Å². The van der Waals surface area contributed by atoms with Crippen LogP contribution in [0.5, 0.6) is 0 Å².